The summed E-state index contributed by atoms with van der Waals surface area (Å²) in [5, 5.41) is 3.54. The summed E-state index contributed by atoms with van der Waals surface area (Å²) in [6, 6.07) is 6.84. The van der Waals surface area contributed by atoms with Crippen LogP contribution in [0.15, 0.2) is 18.2 Å². The molecule has 2 aliphatic rings. The molecule has 16 heavy (non-hydrogen) atoms. The van der Waals surface area contributed by atoms with E-state index >= 15 is 0 Å². The molecule has 4 heteroatoms. The SMILES string of the molecule is c1cc2c(cc1CC1CSCCN1)OCO2. The summed E-state index contributed by atoms with van der Waals surface area (Å²) in [7, 11) is 0. The molecular weight excluding hydrogens is 222 g/mol. The number of ether oxygens (including phenoxy) is 2. The second kappa shape index (κ2) is 4.55. The summed E-state index contributed by atoms with van der Waals surface area (Å²) in [6.45, 7) is 1.48. The number of rotatable bonds is 2. The highest BCUT2D eigenvalue weighted by atomic mass is 32.2. The lowest BCUT2D eigenvalue weighted by Crippen LogP contribution is -2.38. The Morgan fingerprint density at radius 1 is 1.31 bits per heavy atom. The van der Waals surface area contributed by atoms with Crippen LogP contribution in [-0.2, 0) is 6.42 Å². The number of nitrogens with one attached hydrogen (secondary N) is 1. The molecule has 0 aromatic heterocycles. The third kappa shape index (κ3) is 2.13. The van der Waals surface area contributed by atoms with Gasteiger partial charge in [-0.2, -0.15) is 11.8 Å². The van der Waals surface area contributed by atoms with E-state index in [9.17, 15) is 0 Å². The molecule has 0 radical (unpaired) electrons. The van der Waals surface area contributed by atoms with Gasteiger partial charge in [-0.1, -0.05) is 6.07 Å². The molecule has 0 amide bonds. The van der Waals surface area contributed by atoms with E-state index in [1.165, 1.54) is 17.1 Å². The Balaban J connectivity index is 1.69. The first-order valence-electron chi connectivity index (χ1n) is 5.61. The Morgan fingerprint density at radius 2 is 2.25 bits per heavy atom. The van der Waals surface area contributed by atoms with Gasteiger partial charge in [-0.15, -0.1) is 0 Å². The normalized spacial score (nSPS) is 23.4. The monoisotopic (exact) mass is 237 g/mol. The van der Waals surface area contributed by atoms with Crippen molar-refractivity contribution in [1.29, 1.82) is 0 Å². The molecule has 1 aromatic rings. The van der Waals surface area contributed by atoms with Gasteiger partial charge in [0.15, 0.2) is 11.5 Å². The minimum Gasteiger partial charge on any atom is -0.454 e. The van der Waals surface area contributed by atoms with Crippen LogP contribution in [0.4, 0.5) is 0 Å². The molecule has 86 valence electrons. The van der Waals surface area contributed by atoms with Crippen molar-refractivity contribution < 1.29 is 9.47 Å². The molecule has 3 rings (SSSR count). The Labute approximate surface area is 99.5 Å². The number of hydrogen-bond donors (Lipinski definition) is 1. The van der Waals surface area contributed by atoms with E-state index in [-0.39, 0.29) is 0 Å². The number of benzene rings is 1. The van der Waals surface area contributed by atoms with Crippen molar-refractivity contribution in [3.63, 3.8) is 0 Å². The number of fused-ring (bicyclic) bond motifs is 1. The fourth-order valence-corrected chi connectivity index (χ4v) is 3.05. The average Bonchev–Trinajstić information content (AvgIpc) is 2.77. The first-order valence-corrected chi connectivity index (χ1v) is 6.77. The summed E-state index contributed by atoms with van der Waals surface area (Å²) in [5.41, 5.74) is 1.32. The van der Waals surface area contributed by atoms with Crippen LogP contribution in [0.5, 0.6) is 11.5 Å². The predicted octanol–water partition coefficient (Wildman–Crippen LogP) is 1.66. The first kappa shape index (κ1) is 10.3. The van der Waals surface area contributed by atoms with Gasteiger partial charge in [-0.3, -0.25) is 0 Å². The van der Waals surface area contributed by atoms with Crippen LogP contribution in [0.3, 0.4) is 0 Å². The molecule has 0 spiro atoms. The lowest BCUT2D eigenvalue weighted by atomic mass is 10.1. The van der Waals surface area contributed by atoms with Crippen LogP contribution in [0, 0.1) is 0 Å². The van der Waals surface area contributed by atoms with Crippen LogP contribution in [0.1, 0.15) is 5.56 Å². The van der Waals surface area contributed by atoms with Crippen molar-refractivity contribution >= 4 is 11.8 Å². The van der Waals surface area contributed by atoms with Gasteiger partial charge in [0.25, 0.3) is 0 Å². The molecule has 0 aliphatic carbocycles. The Kier molecular flexibility index (Phi) is 2.93. The largest absolute Gasteiger partial charge is 0.454 e. The molecule has 1 saturated heterocycles. The highest BCUT2D eigenvalue weighted by molar-refractivity contribution is 7.99. The van der Waals surface area contributed by atoms with Crippen LogP contribution < -0.4 is 14.8 Å². The predicted molar refractivity (Wildman–Crippen MR) is 65.4 cm³/mol. The molecule has 2 heterocycles. The van der Waals surface area contributed by atoms with E-state index in [0.717, 1.165) is 24.5 Å². The van der Waals surface area contributed by atoms with E-state index in [4.69, 9.17) is 9.47 Å². The zero-order valence-electron chi connectivity index (χ0n) is 9.07. The maximum absolute atomic E-state index is 5.38. The average molecular weight is 237 g/mol. The molecule has 1 fully saturated rings. The molecule has 1 N–H and O–H groups in total. The summed E-state index contributed by atoms with van der Waals surface area (Å²) in [4.78, 5) is 0. The minimum absolute atomic E-state index is 0.357. The summed E-state index contributed by atoms with van der Waals surface area (Å²) >= 11 is 2.03. The van der Waals surface area contributed by atoms with Gasteiger partial charge in [0.2, 0.25) is 6.79 Å². The minimum atomic E-state index is 0.357. The fraction of sp³-hybridized carbons (Fsp3) is 0.500. The highest BCUT2D eigenvalue weighted by Crippen LogP contribution is 2.32. The maximum Gasteiger partial charge on any atom is 0.231 e. The molecule has 1 unspecified atom stereocenters. The summed E-state index contributed by atoms with van der Waals surface area (Å²) < 4.78 is 10.7. The van der Waals surface area contributed by atoms with E-state index in [2.05, 4.69) is 17.4 Å². The topological polar surface area (TPSA) is 30.5 Å². The highest BCUT2D eigenvalue weighted by Gasteiger charge is 2.17. The Hall–Kier alpha value is -0.870. The van der Waals surface area contributed by atoms with Crippen molar-refractivity contribution in [3.8, 4) is 11.5 Å². The Bertz CT molecular complexity index is 377. The van der Waals surface area contributed by atoms with Gasteiger partial charge in [0.1, 0.15) is 0 Å². The van der Waals surface area contributed by atoms with E-state index in [0.29, 0.717) is 12.8 Å². The van der Waals surface area contributed by atoms with Gasteiger partial charge in [-0.05, 0) is 24.1 Å². The molecule has 1 aromatic carbocycles. The molecule has 0 saturated carbocycles. The smallest absolute Gasteiger partial charge is 0.231 e. The van der Waals surface area contributed by atoms with E-state index in [1.54, 1.807) is 0 Å². The number of hydrogen-bond acceptors (Lipinski definition) is 4. The van der Waals surface area contributed by atoms with Crippen molar-refractivity contribution in [2.75, 3.05) is 24.8 Å². The maximum atomic E-state index is 5.38. The van der Waals surface area contributed by atoms with Crippen molar-refractivity contribution in [3.05, 3.63) is 23.8 Å². The first-order chi connectivity index (χ1) is 7.92. The van der Waals surface area contributed by atoms with Crippen LogP contribution >= 0.6 is 11.8 Å². The summed E-state index contributed by atoms with van der Waals surface area (Å²) in [6.07, 6.45) is 1.07. The van der Waals surface area contributed by atoms with Crippen molar-refractivity contribution in [2.45, 2.75) is 12.5 Å². The van der Waals surface area contributed by atoms with E-state index in [1.807, 2.05) is 17.8 Å². The van der Waals surface area contributed by atoms with Gasteiger partial charge in [-0.25, -0.2) is 0 Å². The second-order valence-corrected chi connectivity index (χ2v) is 5.27. The lowest BCUT2D eigenvalue weighted by Gasteiger charge is -2.23. The van der Waals surface area contributed by atoms with Crippen molar-refractivity contribution in [2.24, 2.45) is 0 Å². The molecule has 2 aliphatic heterocycles. The third-order valence-electron chi connectivity index (χ3n) is 2.92. The standard InChI is InChI=1S/C12H15NO2S/c1-2-11-12(15-8-14-11)6-9(1)5-10-7-16-4-3-13-10/h1-2,6,10,13H,3-5,7-8H2. The van der Waals surface area contributed by atoms with Crippen LogP contribution in [0.2, 0.25) is 0 Å². The third-order valence-corrected chi connectivity index (χ3v) is 4.05. The molecule has 0 bridgehead atoms. The second-order valence-electron chi connectivity index (χ2n) is 4.12. The zero-order valence-corrected chi connectivity index (χ0v) is 9.89. The molecule has 3 nitrogen and oxygen atoms in total. The van der Waals surface area contributed by atoms with Gasteiger partial charge in [0, 0.05) is 24.1 Å². The molecule has 1 atom stereocenters. The van der Waals surface area contributed by atoms with Crippen LogP contribution in [-0.4, -0.2) is 30.9 Å². The van der Waals surface area contributed by atoms with Crippen LogP contribution in [0.25, 0.3) is 0 Å². The number of thioether (sulfide) groups is 1. The fourth-order valence-electron chi connectivity index (χ4n) is 2.10. The van der Waals surface area contributed by atoms with E-state index < -0.39 is 0 Å². The van der Waals surface area contributed by atoms with Crippen molar-refractivity contribution in [1.82, 2.24) is 5.32 Å². The molecular formula is C12H15NO2S. The van der Waals surface area contributed by atoms with Gasteiger partial charge >= 0.3 is 0 Å². The lowest BCUT2D eigenvalue weighted by molar-refractivity contribution is 0.174. The quantitative estimate of drug-likeness (QED) is 0.847. The van der Waals surface area contributed by atoms with Gasteiger partial charge < -0.3 is 14.8 Å². The van der Waals surface area contributed by atoms with Gasteiger partial charge in [0.05, 0.1) is 0 Å². The Morgan fingerprint density at radius 3 is 3.12 bits per heavy atom. The zero-order chi connectivity index (χ0) is 10.8. The summed E-state index contributed by atoms with van der Waals surface area (Å²) in [5.74, 6) is 4.20.